The zero-order chi connectivity index (χ0) is 20.2. The van der Waals surface area contributed by atoms with Gasteiger partial charge < -0.3 is 10.1 Å². The van der Waals surface area contributed by atoms with E-state index in [4.69, 9.17) is 16.3 Å². The Labute approximate surface area is 177 Å². The van der Waals surface area contributed by atoms with Crippen molar-refractivity contribution in [2.24, 2.45) is 4.99 Å². The Morgan fingerprint density at radius 2 is 2.10 bits per heavy atom. The normalized spacial score (nSPS) is 16.6. The highest BCUT2D eigenvalue weighted by Gasteiger charge is 2.23. The molecule has 3 aromatic rings. The Hall–Kier alpha value is -2.83. The van der Waals surface area contributed by atoms with Crippen LogP contribution in [0.3, 0.4) is 0 Å². The molecule has 0 saturated carbocycles. The summed E-state index contributed by atoms with van der Waals surface area (Å²) in [6.07, 6.45) is 3.58. The molecule has 29 heavy (non-hydrogen) atoms. The number of fused-ring (bicyclic) bond motifs is 1. The number of hydrogen-bond donors (Lipinski definition) is 1. The summed E-state index contributed by atoms with van der Waals surface area (Å²) in [5.74, 6) is 0.618. The molecule has 1 fully saturated rings. The van der Waals surface area contributed by atoms with Crippen molar-refractivity contribution in [2.75, 3.05) is 6.61 Å². The number of ether oxygens (including phenoxy) is 1. The Morgan fingerprint density at radius 1 is 1.24 bits per heavy atom. The lowest BCUT2D eigenvalue weighted by Gasteiger charge is -2.07. The summed E-state index contributed by atoms with van der Waals surface area (Å²) < 4.78 is 5.69. The zero-order valence-corrected chi connectivity index (χ0v) is 17.3. The van der Waals surface area contributed by atoms with Gasteiger partial charge >= 0.3 is 0 Å². The van der Waals surface area contributed by atoms with Crippen molar-refractivity contribution in [3.8, 4) is 5.75 Å². The monoisotopic (exact) mass is 423 g/mol. The van der Waals surface area contributed by atoms with Crippen molar-refractivity contribution < 1.29 is 9.53 Å². The first-order valence-electron chi connectivity index (χ1n) is 9.14. The second kappa shape index (κ2) is 8.68. The summed E-state index contributed by atoms with van der Waals surface area (Å²) in [5.41, 5.74) is 2.67. The average Bonchev–Trinajstić information content (AvgIpc) is 3.07. The minimum absolute atomic E-state index is 0.163. The first kappa shape index (κ1) is 19.5. The second-order valence-electron chi connectivity index (χ2n) is 6.30. The van der Waals surface area contributed by atoms with Gasteiger partial charge in [0.25, 0.3) is 5.91 Å². The van der Waals surface area contributed by atoms with Gasteiger partial charge in [-0.15, -0.1) is 0 Å². The van der Waals surface area contributed by atoms with E-state index in [0.717, 1.165) is 27.8 Å². The van der Waals surface area contributed by atoms with Gasteiger partial charge in [0.2, 0.25) is 0 Å². The van der Waals surface area contributed by atoms with E-state index < -0.39 is 0 Å². The summed E-state index contributed by atoms with van der Waals surface area (Å²) in [5, 5.41) is 4.96. The van der Waals surface area contributed by atoms with Crippen LogP contribution in [0, 0.1) is 0 Å². The number of thioether (sulfide) groups is 1. The number of nitrogens with one attached hydrogen (secondary N) is 1. The van der Waals surface area contributed by atoms with Crippen LogP contribution in [-0.2, 0) is 11.3 Å². The molecule has 0 unspecified atom stereocenters. The summed E-state index contributed by atoms with van der Waals surface area (Å²) in [6.45, 7) is 2.93. The number of hydrogen-bond acceptors (Lipinski definition) is 5. The lowest BCUT2D eigenvalue weighted by molar-refractivity contribution is -0.115. The predicted molar refractivity (Wildman–Crippen MR) is 119 cm³/mol. The van der Waals surface area contributed by atoms with Crippen molar-refractivity contribution in [3.63, 3.8) is 0 Å². The highest BCUT2D eigenvalue weighted by molar-refractivity contribution is 8.18. The van der Waals surface area contributed by atoms with E-state index in [1.165, 1.54) is 11.8 Å². The first-order valence-corrected chi connectivity index (χ1v) is 10.3. The number of amides is 1. The van der Waals surface area contributed by atoms with Crippen LogP contribution in [0.5, 0.6) is 5.75 Å². The van der Waals surface area contributed by atoms with Crippen LogP contribution >= 0.6 is 23.4 Å². The Bertz CT molecular complexity index is 1140. The standard InChI is InChI=1S/C22H18ClN3O2S/c1-2-28-19-9-10-24-18-8-7-14(11-16(18)19)12-20-21(27)26-22(29-20)25-13-15-5-3-4-6-17(15)23/h3-12H,2,13H2,1H3,(H,25,26,27). The SMILES string of the molecule is CCOc1ccnc2ccc(C=C3SC(=NCc4ccccc4Cl)NC3=O)cc12. The van der Waals surface area contributed by atoms with Crippen LogP contribution < -0.4 is 10.1 Å². The molecule has 0 spiro atoms. The van der Waals surface area contributed by atoms with Crippen molar-refractivity contribution in [1.29, 1.82) is 0 Å². The van der Waals surface area contributed by atoms with Gasteiger partial charge in [-0.25, -0.2) is 0 Å². The van der Waals surface area contributed by atoms with Crippen molar-refractivity contribution in [2.45, 2.75) is 13.5 Å². The third-order valence-corrected chi connectivity index (χ3v) is 5.64. The maximum Gasteiger partial charge on any atom is 0.264 e. The van der Waals surface area contributed by atoms with E-state index in [1.54, 1.807) is 6.20 Å². The average molecular weight is 424 g/mol. The number of carbonyl (C=O) groups is 1. The molecule has 5 nitrogen and oxygen atoms in total. The van der Waals surface area contributed by atoms with Gasteiger partial charge in [0.1, 0.15) is 5.75 Å². The summed E-state index contributed by atoms with van der Waals surface area (Å²) >= 11 is 7.49. The van der Waals surface area contributed by atoms with Crippen molar-refractivity contribution >= 4 is 51.4 Å². The maximum atomic E-state index is 12.4. The molecular formula is C22H18ClN3O2S. The molecule has 1 aliphatic rings. The van der Waals surface area contributed by atoms with E-state index in [9.17, 15) is 4.79 Å². The minimum Gasteiger partial charge on any atom is -0.493 e. The number of amidine groups is 1. The summed E-state index contributed by atoms with van der Waals surface area (Å²) in [4.78, 5) is 21.8. The minimum atomic E-state index is -0.163. The number of nitrogens with zero attached hydrogens (tertiary/aromatic N) is 2. The zero-order valence-electron chi connectivity index (χ0n) is 15.7. The molecule has 1 aromatic heterocycles. The van der Waals surface area contributed by atoms with Crippen LogP contribution in [0.2, 0.25) is 5.02 Å². The molecule has 0 bridgehead atoms. The van der Waals surface area contributed by atoms with Crippen LogP contribution in [-0.4, -0.2) is 22.7 Å². The number of carbonyl (C=O) groups excluding carboxylic acids is 1. The van der Waals surface area contributed by atoms with Gasteiger partial charge in [-0.05, 0) is 60.2 Å². The molecule has 7 heteroatoms. The molecular weight excluding hydrogens is 406 g/mol. The van der Waals surface area contributed by atoms with E-state index in [1.807, 2.05) is 61.5 Å². The first-order chi connectivity index (χ1) is 14.1. The Morgan fingerprint density at radius 3 is 2.93 bits per heavy atom. The molecule has 1 N–H and O–H groups in total. The summed E-state index contributed by atoms with van der Waals surface area (Å²) in [7, 11) is 0. The van der Waals surface area contributed by atoms with Gasteiger partial charge in [0.15, 0.2) is 5.17 Å². The molecule has 0 radical (unpaired) electrons. The fourth-order valence-corrected chi connectivity index (χ4v) is 3.96. The molecule has 1 aliphatic heterocycles. The Balaban J connectivity index is 1.57. The van der Waals surface area contributed by atoms with Crippen LogP contribution in [0.25, 0.3) is 17.0 Å². The third-order valence-electron chi connectivity index (χ3n) is 4.32. The van der Waals surface area contributed by atoms with Gasteiger partial charge in [-0.3, -0.25) is 14.8 Å². The second-order valence-corrected chi connectivity index (χ2v) is 7.73. The van der Waals surface area contributed by atoms with Crippen molar-refractivity contribution in [3.05, 3.63) is 75.8 Å². The fraction of sp³-hybridized carbons (Fsp3) is 0.136. The molecule has 0 aliphatic carbocycles. The van der Waals surface area contributed by atoms with Crippen LogP contribution in [0.15, 0.2) is 64.6 Å². The van der Waals surface area contributed by atoms with Crippen molar-refractivity contribution in [1.82, 2.24) is 10.3 Å². The highest BCUT2D eigenvalue weighted by Crippen LogP contribution is 2.30. The molecule has 4 rings (SSSR count). The maximum absolute atomic E-state index is 12.4. The van der Waals surface area contributed by atoms with Crippen LogP contribution in [0.4, 0.5) is 0 Å². The van der Waals surface area contributed by atoms with E-state index in [-0.39, 0.29) is 5.91 Å². The molecule has 0 atom stereocenters. The molecule has 1 saturated heterocycles. The number of benzene rings is 2. The quantitative estimate of drug-likeness (QED) is 0.583. The molecule has 2 aromatic carbocycles. The number of halogens is 1. The topological polar surface area (TPSA) is 63.6 Å². The highest BCUT2D eigenvalue weighted by atomic mass is 35.5. The number of pyridine rings is 1. The summed E-state index contributed by atoms with van der Waals surface area (Å²) in [6, 6.07) is 15.2. The molecule has 2 heterocycles. The van der Waals surface area contributed by atoms with Gasteiger partial charge in [0, 0.05) is 16.6 Å². The largest absolute Gasteiger partial charge is 0.493 e. The van der Waals surface area contributed by atoms with Gasteiger partial charge in [-0.1, -0.05) is 35.9 Å². The van der Waals surface area contributed by atoms with Crippen LogP contribution in [0.1, 0.15) is 18.1 Å². The lowest BCUT2D eigenvalue weighted by atomic mass is 10.1. The van der Waals surface area contributed by atoms with E-state index in [0.29, 0.717) is 28.2 Å². The van der Waals surface area contributed by atoms with E-state index >= 15 is 0 Å². The van der Waals surface area contributed by atoms with E-state index in [2.05, 4.69) is 15.3 Å². The smallest absolute Gasteiger partial charge is 0.264 e. The van der Waals surface area contributed by atoms with Gasteiger partial charge in [0.05, 0.1) is 23.6 Å². The number of aromatic nitrogens is 1. The molecule has 1 amide bonds. The Kier molecular flexibility index (Phi) is 5.83. The van der Waals surface area contributed by atoms with Gasteiger partial charge in [-0.2, -0.15) is 0 Å². The predicted octanol–water partition coefficient (Wildman–Crippen LogP) is 5.05. The lowest BCUT2D eigenvalue weighted by Crippen LogP contribution is -2.19. The number of aliphatic imine (C=N–C) groups is 1. The fourth-order valence-electron chi connectivity index (χ4n) is 2.95. The molecule has 146 valence electrons. The number of rotatable bonds is 5. The third kappa shape index (κ3) is 4.44.